The third kappa shape index (κ3) is 6.20. The molecule has 0 spiro atoms. The molecule has 0 bridgehead atoms. The second kappa shape index (κ2) is 8.67. The predicted octanol–water partition coefficient (Wildman–Crippen LogP) is 3.40. The zero-order chi connectivity index (χ0) is 12.5. The van der Waals surface area contributed by atoms with Crippen LogP contribution in [-0.2, 0) is 6.54 Å². The van der Waals surface area contributed by atoms with Crippen LogP contribution < -0.4 is 5.32 Å². The van der Waals surface area contributed by atoms with Crippen LogP contribution >= 0.6 is 15.9 Å². The summed E-state index contributed by atoms with van der Waals surface area (Å²) in [6.45, 7) is 4.41. The van der Waals surface area contributed by atoms with E-state index in [0.717, 1.165) is 25.9 Å². The van der Waals surface area contributed by atoms with Gasteiger partial charge in [0, 0.05) is 17.6 Å². The summed E-state index contributed by atoms with van der Waals surface area (Å²) in [6, 6.07) is 6.48. The highest BCUT2D eigenvalue weighted by Crippen LogP contribution is 2.17. The molecule has 1 aromatic carbocycles. The first-order valence-electron chi connectivity index (χ1n) is 6.30. The second-order valence-corrected chi connectivity index (χ2v) is 5.25. The van der Waals surface area contributed by atoms with Crippen LogP contribution in [0.25, 0.3) is 0 Å². The minimum absolute atomic E-state index is 0.324. The van der Waals surface area contributed by atoms with E-state index in [9.17, 15) is 0 Å². The van der Waals surface area contributed by atoms with Gasteiger partial charge in [0.15, 0.2) is 0 Å². The van der Waals surface area contributed by atoms with E-state index in [1.54, 1.807) is 0 Å². The maximum absolute atomic E-state index is 8.65. The number of aryl methyl sites for hydroxylation is 1. The van der Waals surface area contributed by atoms with Gasteiger partial charge in [0.25, 0.3) is 0 Å². The molecule has 0 aliphatic carbocycles. The molecule has 0 heterocycles. The Morgan fingerprint density at radius 2 is 1.94 bits per heavy atom. The fourth-order valence-corrected chi connectivity index (χ4v) is 2.12. The molecular weight excluding hydrogens is 278 g/mol. The van der Waals surface area contributed by atoms with Crippen molar-refractivity contribution in [3.63, 3.8) is 0 Å². The molecule has 1 aromatic rings. The summed E-state index contributed by atoms with van der Waals surface area (Å²) >= 11 is 3.55. The summed E-state index contributed by atoms with van der Waals surface area (Å²) in [5, 5.41) is 12.1. The van der Waals surface area contributed by atoms with E-state index in [4.69, 9.17) is 5.11 Å². The smallest absolute Gasteiger partial charge is 0.0431 e. The van der Waals surface area contributed by atoms with Crippen molar-refractivity contribution in [1.29, 1.82) is 0 Å². The van der Waals surface area contributed by atoms with Gasteiger partial charge in [0.1, 0.15) is 0 Å². The minimum atomic E-state index is 0.324. The number of nitrogens with one attached hydrogen (secondary N) is 1. The van der Waals surface area contributed by atoms with E-state index in [1.165, 1.54) is 28.4 Å². The van der Waals surface area contributed by atoms with Crippen molar-refractivity contribution in [1.82, 2.24) is 5.32 Å². The molecule has 0 aliphatic rings. The predicted molar refractivity (Wildman–Crippen MR) is 76.1 cm³/mol. The topological polar surface area (TPSA) is 32.3 Å². The van der Waals surface area contributed by atoms with Gasteiger partial charge in [-0.05, 0) is 43.5 Å². The molecule has 0 fully saturated rings. The molecule has 17 heavy (non-hydrogen) atoms. The lowest BCUT2D eigenvalue weighted by Gasteiger charge is -2.06. The number of hydrogen-bond donors (Lipinski definition) is 2. The zero-order valence-electron chi connectivity index (χ0n) is 10.5. The molecule has 0 saturated carbocycles. The summed E-state index contributed by atoms with van der Waals surface area (Å²) in [7, 11) is 0. The summed E-state index contributed by atoms with van der Waals surface area (Å²) in [5.41, 5.74) is 2.59. The van der Waals surface area contributed by atoms with Crippen molar-refractivity contribution in [3.05, 3.63) is 33.8 Å². The molecule has 1 rings (SSSR count). The molecule has 0 atom stereocenters. The Morgan fingerprint density at radius 1 is 1.18 bits per heavy atom. The van der Waals surface area contributed by atoms with E-state index < -0.39 is 0 Å². The molecule has 0 radical (unpaired) electrons. The number of aliphatic hydroxyl groups excluding tert-OH is 1. The van der Waals surface area contributed by atoms with E-state index in [-0.39, 0.29) is 0 Å². The van der Waals surface area contributed by atoms with Crippen molar-refractivity contribution in [2.24, 2.45) is 0 Å². The van der Waals surface area contributed by atoms with Gasteiger partial charge in [-0.15, -0.1) is 0 Å². The van der Waals surface area contributed by atoms with Gasteiger partial charge in [-0.2, -0.15) is 0 Å². The fraction of sp³-hybridized carbons (Fsp3) is 0.571. The van der Waals surface area contributed by atoms with Gasteiger partial charge in [-0.25, -0.2) is 0 Å². The highest BCUT2D eigenvalue weighted by Gasteiger charge is 1.97. The summed E-state index contributed by atoms with van der Waals surface area (Å²) in [6.07, 6.45) is 4.46. The van der Waals surface area contributed by atoms with Gasteiger partial charge in [0.05, 0.1) is 0 Å². The summed E-state index contributed by atoms with van der Waals surface area (Å²) in [4.78, 5) is 0. The fourth-order valence-electron chi connectivity index (χ4n) is 1.69. The molecule has 0 saturated heterocycles. The number of benzene rings is 1. The third-order valence-corrected chi connectivity index (χ3v) is 3.68. The molecule has 3 heteroatoms. The number of unbranched alkanes of at least 4 members (excludes halogenated alkanes) is 3. The Morgan fingerprint density at radius 3 is 2.65 bits per heavy atom. The van der Waals surface area contributed by atoms with Crippen LogP contribution in [0.2, 0.25) is 0 Å². The highest BCUT2D eigenvalue weighted by atomic mass is 79.9. The van der Waals surface area contributed by atoms with Crippen molar-refractivity contribution < 1.29 is 5.11 Å². The van der Waals surface area contributed by atoms with Crippen molar-refractivity contribution in [3.8, 4) is 0 Å². The van der Waals surface area contributed by atoms with Crippen LogP contribution in [0, 0.1) is 6.92 Å². The number of aliphatic hydroxyl groups is 1. The lowest BCUT2D eigenvalue weighted by atomic mass is 10.1. The van der Waals surface area contributed by atoms with Crippen molar-refractivity contribution in [2.45, 2.75) is 39.2 Å². The molecule has 0 unspecified atom stereocenters. The third-order valence-electron chi connectivity index (χ3n) is 2.83. The average Bonchev–Trinajstić information content (AvgIpc) is 2.32. The Kier molecular flexibility index (Phi) is 7.49. The Balaban J connectivity index is 2.11. The number of rotatable bonds is 8. The lowest BCUT2D eigenvalue weighted by molar-refractivity contribution is 0.282. The largest absolute Gasteiger partial charge is 0.396 e. The van der Waals surface area contributed by atoms with Gasteiger partial charge < -0.3 is 10.4 Å². The SMILES string of the molecule is Cc1ccc(CNCCCCCCO)cc1Br. The monoisotopic (exact) mass is 299 g/mol. The maximum atomic E-state index is 8.65. The molecule has 2 nitrogen and oxygen atoms in total. The summed E-state index contributed by atoms with van der Waals surface area (Å²) in [5.74, 6) is 0. The maximum Gasteiger partial charge on any atom is 0.0431 e. The summed E-state index contributed by atoms with van der Waals surface area (Å²) < 4.78 is 1.18. The lowest BCUT2D eigenvalue weighted by Crippen LogP contribution is -2.14. The van der Waals surface area contributed by atoms with Gasteiger partial charge in [0.2, 0.25) is 0 Å². The molecular formula is C14H22BrNO. The zero-order valence-corrected chi connectivity index (χ0v) is 12.1. The van der Waals surface area contributed by atoms with Crippen LogP contribution in [0.15, 0.2) is 22.7 Å². The minimum Gasteiger partial charge on any atom is -0.396 e. The first-order chi connectivity index (χ1) is 8.24. The number of halogens is 1. The van der Waals surface area contributed by atoms with Gasteiger partial charge >= 0.3 is 0 Å². The van der Waals surface area contributed by atoms with Crippen molar-refractivity contribution in [2.75, 3.05) is 13.2 Å². The van der Waals surface area contributed by atoms with Crippen LogP contribution in [0.3, 0.4) is 0 Å². The normalized spacial score (nSPS) is 10.8. The van der Waals surface area contributed by atoms with E-state index in [2.05, 4.69) is 46.4 Å². The van der Waals surface area contributed by atoms with Gasteiger partial charge in [-0.3, -0.25) is 0 Å². The Labute approximate surface area is 113 Å². The Bertz CT molecular complexity index is 328. The first-order valence-corrected chi connectivity index (χ1v) is 7.10. The Hall–Kier alpha value is -0.380. The van der Waals surface area contributed by atoms with E-state index in [1.807, 2.05) is 0 Å². The van der Waals surface area contributed by atoms with Gasteiger partial charge in [-0.1, -0.05) is 40.9 Å². The molecule has 2 N–H and O–H groups in total. The quantitative estimate of drug-likeness (QED) is 0.721. The standard InChI is InChI=1S/C14H22BrNO/c1-12-6-7-13(10-14(12)15)11-16-8-4-2-3-5-9-17/h6-7,10,16-17H,2-5,8-9,11H2,1H3. The molecule has 0 amide bonds. The van der Waals surface area contributed by atoms with Crippen LogP contribution in [0.1, 0.15) is 36.8 Å². The highest BCUT2D eigenvalue weighted by molar-refractivity contribution is 9.10. The van der Waals surface area contributed by atoms with Crippen LogP contribution in [-0.4, -0.2) is 18.3 Å². The van der Waals surface area contributed by atoms with Crippen LogP contribution in [0.5, 0.6) is 0 Å². The van der Waals surface area contributed by atoms with E-state index >= 15 is 0 Å². The van der Waals surface area contributed by atoms with Crippen LogP contribution in [0.4, 0.5) is 0 Å². The molecule has 0 aliphatic heterocycles. The average molecular weight is 300 g/mol. The van der Waals surface area contributed by atoms with Crippen molar-refractivity contribution >= 4 is 15.9 Å². The number of hydrogen-bond acceptors (Lipinski definition) is 2. The van der Waals surface area contributed by atoms with E-state index in [0.29, 0.717) is 6.61 Å². The molecule has 96 valence electrons. The molecule has 0 aromatic heterocycles. The first kappa shape index (κ1) is 14.7. The second-order valence-electron chi connectivity index (χ2n) is 4.40.